The summed E-state index contributed by atoms with van der Waals surface area (Å²) in [6.07, 6.45) is -0.768. The predicted octanol–water partition coefficient (Wildman–Crippen LogP) is -0.358. The number of aliphatic carboxylic acids is 1. The van der Waals surface area contributed by atoms with Crippen molar-refractivity contribution in [2.45, 2.75) is 35.1 Å². The number of amides is 1. The minimum absolute atomic E-state index is 0.0938. The van der Waals surface area contributed by atoms with E-state index < -0.39 is 24.0 Å². The van der Waals surface area contributed by atoms with Crippen molar-refractivity contribution in [2.24, 2.45) is 5.92 Å². The number of piperazine rings is 1. The van der Waals surface area contributed by atoms with Crippen LogP contribution in [0.5, 0.6) is 0 Å². The van der Waals surface area contributed by atoms with Crippen molar-refractivity contribution in [3.63, 3.8) is 0 Å². The first kappa shape index (κ1) is 18.4. The molecule has 6 atom stereocenters. The molecule has 3 fully saturated rings. The number of nitrogens with one attached hydrogen (secondary N) is 1. The van der Waals surface area contributed by atoms with Gasteiger partial charge in [0.1, 0.15) is 6.04 Å². The minimum Gasteiger partial charge on any atom is -0.480 e. The summed E-state index contributed by atoms with van der Waals surface area (Å²) < 4.78 is 1.58. The lowest BCUT2D eigenvalue weighted by Gasteiger charge is -2.44. The van der Waals surface area contributed by atoms with Gasteiger partial charge in [0.25, 0.3) is 0 Å². The van der Waals surface area contributed by atoms with Gasteiger partial charge in [0.2, 0.25) is 5.91 Å². The Labute approximate surface area is 154 Å². The van der Waals surface area contributed by atoms with E-state index >= 15 is 0 Å². The fraction of sp³-hybridized carbons (Fsp3) is 0.786. The van der Waals surface area contributed by atoms with Crippen molar-refractivity contribution in [1.82, 2.24) is 15.1 Å². The first-order chi connectivity index (χ1) is 11.5. The molecule has 1 amide bonds. The maximum absolute atomic E-state index is 12.3. The lowest BCUT2D eigenvalue weighted by Crippen LogP contribution is -2.65. The summed E-state index contributed by atoms with van der Waals surface area (Å²) in [4.78, 5) is 27.9. The molecule has 3 aliphatic heterocycles. The number of carboxylic acids is 1. The van der Waals surface area contributed by atoms with E-state index in [2.05, 4.69) is 10.2 Å². The number of hydrogen-bond donors (Lipinski definition) is 3. The van der Waals surface area contributed by atoms with E-state index in [1.807, 2.05) is 0 Å². The maximum atomic E-state index is 12.3. The van der Waals surface area contributed by atoms with E-state index in [9.17, 15) is 19.8 Å². The Kier molecular flexibility index (Phi) is 5.72. The number of carbonyl (C=O) groups excluding carboxylic acids is 1. The highest BCUT2D eigenvalue weighted by Crippen LogP contribution is 2.51. The molecule has 3 heterocycles. The van der Waals surface area contributed by atoms with E-state index in [4.69, 9.17) is 12.2 Å². The molecule has 0 aliphatic carbocycles. The second-order valence-electron chi connectivity index (χ2n) is 6.20. The van der Waals surface area contributed by atoms with Crippen LogP contribution in [-0.2, 0) is 9.59 Å². The largest absolute Gasteiger partial charge is 0.480 e. The zero-order chi connectivity index (χ0) is 17.4. The Balaban J connectivity index is 1.85. The summed E-state index contributed by atoms with van der Waals surface area (Å²) in [6.45, 7) is 4.94. The van der Waals surface area contributed by atoms with E-state index in [0.29, 0.717) is 0 Å². The number of fused-ring (bicyclic) bond motifs is 1. The molecule has 0 aromatic rings. The molecule has 0 spiro atoms. The number of carboxylic acid groups (broad SMARTS) is 1. The summed E-state index contributed by atoms with van der Waals surface area (Å²) >= 11 is 7.96. The predicted molar refractivity (Wildman–Crippen MR) is 98.1 cm³/mol. The van der Waals surface area contributed by atoms with Crippen LogP contribution in [0.25, 0.3) is 0 Å². The highest BCUT2D eigenvalue weighted by atomic mass is 32.2. The van der Waals surface area contributed by atoms with Gasteiger partial charge < -0.3 is 20.4 Å². The first-order valence-corrected chi connectivity index (χ1v) is 10.3. The lowest BCUT2D eigenvalue weighted by atomic mass is 9.90. The highest BCUT2D eigenvalue weighted by Gasteiger charge is 2.63. The maximum Gasteiger partial charge on any atom is 0.327 e. The summed E-state index contributed by atoms with van der Waals surface area (Å²) in [7, 11) is 0. The van der Waals surface area contributed by atoms with Gasteiger partial charge in [0.05, 0.1) is 28.0 Å². The molecule has 10 heteroatoms. The summed E-state index contributed by atoms with van der Waals surface area (Å²) in [5.41, 5.74) is 0. The third-order valence-electron chi connectivity index (χ3n) is 4.79. The Bertz CT molecular complexity index is 529. The number of β-lactam (4-membered cyclic amide) rings is 1. The van der Waals surface area contributed by atoms with Gasteiger partial charge in [0.15, 0.2) is 0 Å². The molecule has 3 aliphatic rings. The van der Waals surface area contributed by atoms with Crippen LogP contribution in [0.15, 0.2) is 0 Å². The normalized spacial score (nSPS) is 35.9. The summed E-state index contributed by atoms with van der Waals surface area (Å²) in [6, 6.07) is -0.871. The standard InChI is InChI=1S/C14H21N3O4S3/c1-7(18)8-11(19)17-9(14(20)21)10(24-12(8)17)13(23-6-22)16-4-2-15-3-5-16/h6-10,12-13,15,18H,2-5H2,1H3,(H,20,21)/t7-,8+,9?,10?,12?,13?/m1/s1. The Hall–Kier alpha value is -0.390. The van der Waals surface area contributed by atoms with Gasteiger partial charge in [-0.3, -0.25) is 9.69 Å². The van der Waals surface area contributed by atoms with Crippen molar-refractivity contribution in [1.29, 1.82) is 0 Å². The number of aliphatic hydroxyl groups excluding tert-OH is 1. The molecule has 3 N–H and O–H groups in total. The third kappa shape index (κ3) is 3.08. The smallest absolute Gasteiger partial charge is 0.327 e. The van der Waals surface area contributed by atoms with Crippen LogP contribution in [0.2, 0.25) is 0 Å². The van der Waals surface area contributed by atoms with Gasteiger partial charge in [-0.2, -0.15) is 0 Å². The number of nitrogens with zero attached hydrogens (tertiary/aromatic N) is 2. The Morgan fingerprint density at radius 3 is 2.71 bits per heavy atom. The number of hydrogen-bond acceptors (Lipinski definition) is 8. The molecule has 0 aromatic heterocycles. The van der Waals surface area contributed by atoms with Gasteiger partial charge in [-0.15, -0.1) is 23.5 Å². The topological polar surface area (TPSA) is 93.1 Å². The van der Waals surface area contributed by atoms with Crippen molar-refractivity contribution >= 4 is 52.3 Å². The average Bonchev–Trinajstić information content (AvgIpc) is 2.88. The number of carbonyl (C=O) groups is 2. The summed E-state index contributed by atoms with van der Waals surface area (Å²) in [5, 5.41) is 22.2. The van der Waals surface area contributed by atoms with Gasteiger partial charge in [-0.1, -0.05) is 12.2 Å². The van der Waals surface area contributed by atoms with Crippen LogP contribution >= 0.6 is 35.7 Å². The fourth-order valence-electron chi connectivity index (χ4n) is 3.64. The SMILES string of the molecule is C[C@@H](O)[C@H]1C(=O)N2C(C(=O)O)C(C(SC=S)N3CCNCC3)SC12. The molecule has 0 aromatic carbocycles. The molecule has 0 radical (unpaired) electrons. The third-order valence-corrected chi connectivity index (χ3v) is 7.90. The van der Waals surface area contributed by atoms with E-state index in [-0.39, 0.29) is 21.9 Å². The molecule has 7 nitrogen and oxygen atoms in total. The minimum atomic E-state index is -0.988. The molecular weight excluding hydrogens is 370 g/mol. The molecule has 134 valence electrons. The number of thioether (sulfide) groups is 2. The molecule has 0 bridgehead atoms. The molecule has 4 unspecified atom stereocenters. The van der Waals surface area contributed by atoms with Crippen LogP contribution in [0.4, 0.5) is 0 Å². The van der Waals surface area contributed by atoms with Crippen LogP contribution in [-0.4, -0.2) is 90.9 Å². The monoisotopic (exact) mass is 391 g/mol. The van der Waals surface area contributed by atoms with E-state index in [1.54, 1.807) is 11.6 Å². The molecule has 3 saturated heterocycles. The van der Waals surface area contributed by atoms with Gasteiger partial charge >= 0.3 is 5.97 Å². The average molecular weight is 392 g/mol. The summed E-state index contributed by atoms with van der Waals surface area (Å²) in [5.74, 6) is -1.76. The highest BCUT2D eigenvalue weighted by molar-refractivity contribution is 8.21. The lowest BCUT2D eigenvalue weighted by molar-refractivity contribution is -0.167. The van der Waals surface area contributed by atoms with E-state index in [1.165, 1.54) is 28.4 Å². The zero-order valence-electron chi connectivity index (χ0n) is 13.2. The number of rotatable bonds is 6. The van der Waals surface area contributed by atoms with E-state index in [0.717, 1.165) is 26.2 Å². The number of aliphatic hydroxyl groups is 1. The van der Waals surface area contributed by atoms with Crippen LogP contribution < -0.4 is 5.32 Å². The van der Waals surface area contributed by atoms with Crippen molar-refractivity contribution in [3.05, 3.63) is 0 Å². The van der Waals surface area contributed by atoms with Gasteiger partial charge in [0, 0.05) is 30.9 Å². The Morgan fingerprint density at radius 1 is 1.50 bits per heavy atom. The van der Waals surface area contributed by atoms with Gasteiger partial charge in [-0.25, -0.2) is 4.79 Å². The molecule has 24 heavy (non-hydrogen) atoms. The first-order valence-electron chi connectivity index (χ1n) is 7.89. The van der Waals surface area contributed by atoms with Crippen LogP contribution in [0.3, 0.4) is 0 Å². The second kappa shape index (κ2) is 7.46. The van der Waals surface area contributed by atoms with Crippen LogP contribution in [0.1, 0.15) is 6.92 Å². The van der Waals surface area contributed by atoms with Crippen molar-refractivity contribution in [2.75, 3.05) is 26.2 Å². The Morgan fingerprint density at radius 2 is 2.17 bits per heavy atom. The molecular formula is C14H21N3O4S3. The van der Waals surface area contributed by atoms with Crippen molar-refractivity contribution < 1.29 is 19.8 Å². The van der Waals surface area contributed by atoms with Gasteiger partial charge in [-0.05, 0) is 6.92 Å². The van der Waals surface area contributed by atoms with Crippen LogP contribution in [0, 0.1) is 5.92 Å². The molecule has 3 rings (SSSR count). The van der Waals surface area contributed by atoms with Crippen molar-refractivity contribution in [3.8, 4) is 0 Å². The number of thiocarbonyl (C=S) groups is 1. The fourth-order valence-corrected chi connectivity index (χ4v) is 7.07. The quantitative estimate of drug-likeness (QED) is 0.415. The second-order valence-corrected chi connectivity index (χ2v) is 9.02. The molecule has 0 saturated carbocycles. The zero-order valence-corrected chi connectivity index (χ0v) is 15.6.